The Kier molecular flexibility index (Phi) is 5.29. The van der Waals surface area contributed by atoms with Crippen molar-refractivity contribution in [3.63, 3.8) is 0 Å². The molecule has 3 rings (SSSR count). The first-order chi connectivity index (χ1) is 13.6. The monoisotopic (exact) mass is 424 g/mol. The zero-order valence-electron chi connectivity index (χ0n) is 15.3. The number of pyridine rings is 2. The maximum Gasteiger partial charge on any atom is 0.417 e. The van der Waals surface area contributed by atoms with Crippen molar-refractivity contribution in [1.82, 2.24) is 24.2 Å². The number of aromatic nitrogens is 4. The van der Waals surface area contributed by atoms with Crippen LogP contribution in [0.2, 0.25) is 0 Å². The quantitative estimate of drug-likeness (QED) is 0.674. The first kappa shape index (κ1) is 20.7. The van der Waals surface area contributed by atoms with Gasteiger partial charge in [0.2, 0.25) is 10.0 Å². The fourth-order valence-corrected chi connectivity index (χ4v) is 3.95. The third-order valence-electron chi connectivity index (χ3n) is 4.16. The van der Waals surface area contributed by atoms with Crippen LogP contribution in [0.3, 0.4) is 0 Å². The Bertz CT molecular complexity index is 1200. The first-order valence-corrected chi connectivity index (χ1v) is 9.87. The van der Waals surface area contributed by atoms with Gasteiger partial charge in [-0.25, -0.2) is 28.1 Å². The van der Waals surface area contributed by atoms with Gasteiger partial charge in [0.1, 0.15) is 22.5 Å². The third-order valence-corrected chi connectivity index (χ3v) is 5.68. The number of halogens is 3. The molecule has 1 N–H and O–H groups in total. The summed E-state index contributed by atoms with van der Waals surface area (Å²) in [6, 6.07) is 4.37. The van der Waals surface area contributed by atoms with Crippen molar-refractivity contribution >= 4 is 21.2 Å². The number of rotatable bonds is 5. The summed E-state index contributed by atoms with van der Waals surface area (Å²) in [6.45, 7) is 3.49. The largest absolute Gasteiger partial charge is 0.417 e. The molecule has 8 nitrogen and oxygen atoms in total. The number of imidazole rings is 1. The van der Waals surface area contributed by atoms with Crippen molar-refractivity contribution in [2.24, 2.45) is 0 Å². The summed E-state index contributed by atoms with van der Waals surface area (Å²) in [6.07, 6.45) is -2.82. The van der Waals surface area contributed by atoms with Crippen molar-refractivity contribution in [2.45, 2.75) is 37.5 Å². The molecule has 0 aliphatic rings. The van der Waals surface area contributed by atoms with Crippen LogP contribution in [0.15, 0.2) is 35.5 Å². The fraction of sp³-hybridized carbons (Fsp3) is 0.294. The second kappa shape index (κ2) is 7.41. The number of aryl methyl sites for hydroxylation is 1. The molecule has 0 radical (unpaired) electrons. The Balaban J connectivity index is 1.97. The third kappa shape index (κ3) is 4.06. The van der Waals surface area contributed by atoms with Crippen LogP contribution in [0.4, 0.5) is 13.2 Å². The molecule has 1 unspecified atom stereocenters. The Labute approximate surface area is 164 Å². The lowest BCUT2D eigenvalue weighted by Gasteiger charge is -2.15. The van der Waals surface area contributed by atoms with E-state index in [0.717, 1.165) is 12.3 Å². The minimum Gasteiger partial charge on any atom is -0.326 e. The summed E-state index contributed by atoms with van der Waals surface area (Å²) in [7, 11) is -4.00. The van der Waals surface area contributed by atoms with Gasteiger partial charge in [-0.2, -0.15) is 18.4 Å². The van der Waals surface area contributed by atoms with E-state index in [0.29, 0.717) is 6.20 Å². The normalized spacial score (nSPS) is 13.4. The summed E-state index contributed by atoms with van der Waals surface area (Å²) >= 11 is 0. The average molecular weight is 424 g/mol. The fourth-order valence-electron chi connectivity index (χ4n) is 2.80. The van der Waals surface area contributed by atoms with Gasteiger partial charge in [0.25, 0.3) is 0 Å². The summed E-state index contributed by atoms with van der Waals surface area (Å²) in [4.78, 5) is 11.5. The first-order valence-electron chi connectivity index (χ1n) is 8.38. The van der Waals surface area contributed by atoms with Crippen LogP contribution < -0.4 is 4.72 Å². The number of nitrogens with zero attached hydrogens (tertiary/aromatic N) is 5. The van der Waals surface area contributed by atoms with Crippen molar-refractivity contribution in [2.75, 3.05) is 0 Å². The van der Waals surface area contributed by atoms with Crippen molar-refractivity contribution in [1.29, 1.82) is 5.26 Å². The molecule has 29 heavy (non-hydrogen) atoms. The molecule has 0 amide bonds. The standard InChI is InChI=1S/C17H15F3N6O2S/c1-3-26-14-6-11(17(18,19)20)8-23-15(14)24-16(26)10(2)25-29(27,28)13-5-4-12(7-21)22-9-13/h4-6,8-10,25H,3H2,1-2H3. The molecule has 3 heterocycles. The highest BCUT2D eigenvalue weighted by molar-refractivity contribution is 7.89. The van der Waals surface area contributed by atoms with E-state index >= 15 is 0 Å². The second-order valence-corrected chi connectivity index (χ2v) is 7.83. The minimum absolute atomic E-state index is 0.0660. The van der Waals surface area contributed by atoms with E-state index < -0.39 is 27.8 Å². The van der Waals surface area contributed by atoms with Gasteiger partial charge in [-0.15, -0.1) is 0 Å². The predicted molar refractivity (Wildman–Crippen MR) is 95.9 cm³/mol. The van der Waals surface area contributed by atoms with Gasteiger partial charge in [0.15, 0.2) is 5.65 Å². The molecule has 0 saturated carbocycles. The van der Waals surface area contributed by atoms with Gasteiger partial charge in [-0.1, -0.05) is 0 Å². The summed E-state index contributed by atoms with van der Waals surface area (Å²) in [5, 5.41) is 8.76. The van der Waals surface area contributed by atoms with Crippen LogP contribution in [0.25, 0.3) is 11.2 Å². The van der Waals surface area contributed by atoms with Gasteiger partial charge in [0.05, 0.1) is 17.1 Å². The molecular weight excluding hydrogens is 409 g/mol. The molecule has 152 valence electrons. The molecule has 0 fully saturated rings. The van der Waals surface area contributed by atoms with Crippen LogP contribution >= 0.6 is 0 Å². The van der Waals surface area contributed by atoms with Crippen molar-refractivity contribution in [3.8, 4) is 6.07 Å². The maximum atomic E-state index is 13.0. The van der Waals surface area contributed by atoms with Crippen molar-refractivity contribution < 1.29 is 21.6 Å². The van der Waals surface area contributed by atoms with E-state index in [-0.39, 0.29) is 34.1 Å². The molecule has 3 aromatic heterocycles. The summed E-state index contributed by atoms with van der Waals surface area (Å²) in [5.41, 5.74) is -0.608. The molecule has 0 aliphatic heterocycles. The highest BCUT2D eigenvalue weighted by Gasteiger charge is 2.32. The van der Waals surface area contributed by atoms with Gasteiger partial charge >= 0.3 is 6.18 Å². The molecule has 12 heteroatoms. The van der Waals surface area contributed by atoms with Crippen LogP contribution in [0.1, 0.15) is 37.0 Å². The highest BCUT2D eigenvalue weighted by Crippen LogP contribution is 2.31. The molecule has 0 saturated heterocycles. The lowest BCUT2D eigenvalue weighted by molar-refractivity contribution is -0.137. The zero-order chi connectivity index (χ0) is 21.4. The van der Waals surface area contributed by atoms with E-state index in [1.807, 2.05) is 0 Å². The van der Waals surface area contributed by atoms with E-state index in [9.17, 15) is 21.6 Å². The predicted octanol–water partition coefficient (Wildman–Crippen LogP) is 2.78. The Morgan fingerprint density at radius 1 is 1.28 bits per heavy atom. The van der Waals surface area contributed by atoms with E-state index in [1.165, 1.54) is 23.6 Å². The van der Waals surface area contributed by atoms with E-state index in [2.05, 4.69) is 19.7 Å². The molecule has 1 atom stereocenters. The second-order valence-electron chi connectivity index (χ2n) is 6.11. The Hall–Kier alpha value is -3.04. The molecule has 3 aromatic rings. The molecular formula is C17H15F3N6O2S. The number of hydrogen-bond acceptors (Lipinski definition) is 6. The van der Waals surface area contributed by atoms with Crippen LogP contribution in [0.5, 0.6) is 0 Å². The number of nitriles is 1. The lowest BCUT2D eigenvalue weighted by atomic mass is 10.2. The topological polar surface area (TPSA) is 114 Å². The average Bonchev–Trinajstić information content (AvgIpc) is 3.05. The number of fused-ring (bicyclic) bond motifs is 1. The number of nitrogens with one attached hydrogen (secondary N) is 1. The summed E-state index contributed by atoms with van der Waals surface area (Å²) in [5.74, 6) is 0.222. The van der Waals surface area contributed by atoms with Crippen LogP contribution in [0, 0.1) is 11.3 Å². The zero-order valence-corrected chi connectivity index (χ0v) is 16.1. The molecule has 0 aromatic carbocycles. The molecule has 0 bridgehead atoms. The number of alkyl halides is 3. The molecule has 0 aliphatic carbocycles. The SMILES string of the molecule is CCn1c(C(C)NS(=O)(=O)c2ccc(C#N)nc2)nc2ncc(C(F)(F)F)cc21. The van der Waals surface area contributed by atoms with Crippen LogP contribution in [-0.2, 0) is 22.7 Å². The van der Waals surface area contributed by atoms with Gasteiger partial charge in [0, 0.05) is 18.9 Å². The van der Waals surface area contributed by atoms with E-state index in [4.69, 9.17) is 5.26 Å². The number of hydrogen-bond donors (Lipinski definition) is 1. The van der Waals surface area contributed by atoms with Gasteiger partial charge in [-0.3, -0.25) is 0 Å². The highest BCUT2D eigenvalue weighted by atomic mass is 32.2. The van der Waals surface area contributed by atoms with Crippen molar-refractivity contribution in [3.05, 3.63) is 47.7 Å². The van der Waals surface area contributed by atoms with Crippen LogP contribution in [-0.4, -0.2) is 27.9 Å². The smallest absolute Gasteiger partial charge is 0.326 e. The molecule has 0 spiro atoms. The summed E-state index contributed by atoms with van der Waals surface area (Å²) < 4.78 is 68.0. The van der Waals surface area contributed by atoms with E-state index in [1.54, 1.807) is 13.0 Å². The van der Waals surface area contributed by atoms with Gasteiger partial charge < -0.3 is 4.57 Å². The number of sulfonamides is 1. The van der Waals surface area contributed by atoms with Gasteiger partial charge in [-0.05, 0) is 32.0 Å². The maximum absolute atomic E-state index is 13.0. The lowest BCUT2D eigenvalue weighted by Crippen LogP contribution is -2.29. The minimum atomic E-state index is -4.56. The Morgan fingerprint density at radius 2 is 2.00 bits per heavy atom. The Morgan fingerprint density at radius 3 is 2.55 bits per heavy atom.